The maximum atomic E-state index is 12.8. The van der Waals surface area contributed by atoms with Crippen LogP contribution in [0.2, 0.25) is 0 Å². The third-order valence-electron chi connectivity index (χ3n) is 4.71. The smallest absolute Gasteiger partial charge is 0.403 e. The number of aromatic amines is 1. The molecule has 0 spiro atoms. The largest absolute Gasteiger partial charge is 0.530 e. The van der Waals surface area contributed by atoms with E-state index in [2.05, 4.69) is 4.98 Å². The van der Waals surface area contributed by atoms with Crippen molar-refractivity contribution in [1.29, 1.82) is 0 Å². The third-order valence-corrected chi connectivity index (χ3v) is 6.80. The average Bonchev–Trinajstić information content (AvgIpc) is 3.04. The van der Waals surface area contributed by atoms with Gasteiger partial charge in [0.25, 0.3) is 5.56 Å². The van der Waals surface area contributed by atoms with Gasteiger partial charge in [-0.3, -0.25) is 23.4 Å². The van der Waals surface area contributed by atoms with Crippen LogP contribution in [0.5, 0.6) is 5.75 Å². The molecular weight excluding hydrogens is 518 g/mol. The lowest BCUT2D eigenvalue weighted by molar-refractivity contribution is -0.0469. The molecule has 2 N–H and O–H groups in total. The summed E-state index contributed by atoms with van der Waals surface area (Å²) in [6, 6.07) is 5.48. The molecule has 4 unspecified atom stereocenters. The number of para-hydroxylation sites is 1. The van der Waals surface area contributed by atoms with Gasteiger partial charge < -0.3 is 14.4 Å². The van der Waals surface area contributed by atoms with E-state index in [1.807, 2.05) is 25.1 Å². The molecular formula is C17H18IN2O8P. The van der Waals surface area contributed by atoms with Gasteiger partial charge in [0.05, 0.1) is 22.9 Å². The van der Waals surface area contributed by atoms with Crippen LogP contribution in [0, 0.1) is 10.5 Å². The van der Waals surface area contributed by atoms with Gasteiger partial charge in [-0.1, -0.05) is 18.2 Å². The summed E-state index contributed by atoms with van der Waals surface area (Å²) in [4.78, 5) is 25.7. The molecule has 0 bridgehead atoms. The average molecular weight is 536 g/mol. The molecule has 4 atom stereocenters. The zero-order valence-corrected chi connectivity index (χ0v) is 18.3. The Labute approximate surface area is 178 Å². The van der Waals surface area contributed by atoms with Crippen molar-refractivity contribution in [2.45, 2.75) is 38.4 Å². The number of halogens is 1. The minimum Gasteiger partial charge on any atom is -0.403 e. The maximum absolute atomic E-state index is 12.8. The lowest BCUT2D eigenvalue weighted by Crippen LogP contribution is -2.33. The Morgan fingerprint density at radius 2 is 2.21 bits per heavy atom. The van der Waals surface area contributed by atoms with Crippen LogP contribution in [-0.2, 0) is 25.0 Å². The Kier molecular flexibility index (Phi) is 5.70. The van der Waals surface area contributed by atoms with E-state index in [4.69, 9.17) is 18.3 Å². The quantitative estimate of drug-likeness (QED) is 0.448. The van der Waals surface area contributed by atoms with E-state index in [1.54, 1.807) is 22.6 Å². The monoisotopic (exact) mass is 536 g/mol. The van der Waals surface area contributed by atoms with Gasteiger partial charge in [-0.05, 0) is 35.1 Å². The van der Waals surface area contributed by atoms with E-state index in [1.165, 1.54) is 10.8 Å². The van der Waals surface area contributed by atoms with E-state index in [0.29, 0.717) is 9.32 Å². The summed E-state index contributed by atoms with van der Waals surface area (Å²) in [5.41, 5.74) is 0.432. The molecule has 2 aromatic rings. The van der Waals surface area contributed by atoms with E-state index in [9.17, 15) is 19.3 Å². The van der Waals surface area contributed by atoms with Gasteiger partial charge in [0.2, 0.25) is 0 Å². The number of H-pyrrole nitrogens is 1. The van der Waals surface area contributed by atoms with Crippen molar-refractivity contribution in [1.82, 2.24) is 9.55 Å². The molecule has 10 nitrogen and oxygen atoms in total. The standard InChI is InChI=1S/C17H18IN2O8P/c1-9-3-2-4-10-7-25-29(24,28-15(9)10)26-8-13-12(21)5-14(27-13)20-6-11(18)16(22)19-17(20)23/h2-4,6,12-14,21H,5,7-8H2,1H3,(H,19,22,23). The molecule has 12 heteroatoms. The van der Waals surface area contributed by atoms with Gasteiger partial charge in [-0.25, -0.2) is 9.36 Å². The Morgan fingerprint density at radius 3 is 3.00 bits per heavy atom. The van der Waals surface area contributed by atoms with Crippen molar-refractivity contribution in [2.75, 3.05) is 6.61 Å². The molecule has 29 heavy (non-hydrogen) atoms. The van der Waals surface area contributed by atoms with Crippen LogP contribution in [0.3, 0.4) is 0 Å². The normalized spacial score (nSPS) is 28.7. The van der Waals surface area contributed by atoms with Crippen LogP contribution in [0.4, 0.5) is 0 Å². The molecule has 0 amide bonds. The van der Waals surface area contributed by atoms with Crippen LogP contribution < -0.4 is 15.8 Å². The second kappa shape index (κ2) is 7.97. The van der Waals surface area contributed by atoms with E-state index >= 15 is 0 Å². The summed E-state index contributed by atoms with van der Waals surface area (Å²) >= 11 is 1.80. The molecule has 0 radical (unpaired) electrons. The first-order valence-electron chi connectivity index (χ1n) is 8.77. The fourth-order valence-corrected chi connectivity index (χ4v) is 4.91. The second-order valence-electron chi connectivity index (χ2n) is 6.75. The topological polar surface area (TPSA) is 129 Å². The Balaban J connectivity index is 1.44. The van der Waals surface area contributed by atoms with Gasteiger partial charge >= 0.3 is 13.5 Å². The number of ether oxygens (including phenoxy) is 1. The van der Waals surface area contributed by atoms with Crippen molar-refractivity contribution < 1.29 is 28.0 Å². The first-order valence-corrected chi connectivity index (χ1v) is 11.3. The Morgan fingerprint density at radius 1 is 1.41 bits per heavy atom. The predicted molar refractivity (Wildman–Crippen MR) is 109 cm³/mol. The highest BCUT2D eigenvalue weighted by Gasteiger charge is 2.40. The molecule has 1 fully saturated rings. The van der Waals surface area contributed by atoms with Crippen molar-refractivity contribution in [3.63, 3.8) is 0 Å². The lowest BCUT2D eigenvalue weighted by atomic mass is 10.1. The molecule has 3 heterocycles. The SMILES string of the molecule is Cc1cccc2c1OP(=O)(OCC1OC(n3cc(I)c(=O)[nH]c3=O)CC1O)OC2. The highest BCUT2D eigenvalue weighted by atomic mass is 127. The number of aliphatic hydroxyl groups is 1. The van der Waals surface area contributed by atoms with Crippen LogP contribution in [0.25, 0.3) is 0 Å². The minimum atomic E-state index is -3.88. The first-order chi connectivity index (χ1) is 13.8. The number of aliphatic hydroxyl groups excluding tert-OH is 1. The van der Waals surface area contributed by atoms with Gasteiger partial charge in [0, 0.05) is 18.2 Å². The fraction of sp³-hybridized carbons (Fsp3) is 0.412. The summed E-state index contributed by atoms with van der Waals surface area (Å²) in [5.74, 6) is 0.460. The van der Waals surface area contributed by atoms with Crippen LogP contribution >= 0.6 is 30.4 Å². The van der Waals surface area contributed by atoms with Crippen molar-refractivity contribution in [3.05, 3.63) is 59.9 Å². The number of nitrogens with zero attached hydrogens (tertiary/aromatic N) is 1. The predicted octanol–water partition coefficient (Wildman–Crippen LogP) is 1.83. The first kappa shape index (κ1) is 20.8. The summed E-state index contributed by atoms with van der Waals surface area (Å²) in [6.07, 6.45) is -1.16. The number of fused-ring (bicyclic) bond motifs is 1. The summed E-state index contributed by atoms with van der Waals surface area (Å²) in [5, 5.41) is 10.3. The second-order valence-corrected chi connectivity index (χ2v) is 9.50. The Hall–Kier alpha value is -1.50. The van der Waals surface area contributed by atoms with E-state index < -0.39 is 37.5 Å². The highest BCUT2D eigenvalue weighted by Crippen LogP contribution is 2.55. The summed E-state index contributed by atoms with van der Waals surface area (Å²) in [6.45, 7) is 1.65. The maximum Gasteiger partial charge on any atom is 0.530 e. The van der Waals surface area contributed by atoms with Crippen LogP contribution in [0.1, 0.15) is 23.8 Å². The molecule has 2 aliphatic heterocycles. The minimum absolute atomic E-state index is 0.0796. The number of nitrogens with one attached hydrogen (secondary N) is 1. The van der Waals surface area contributed by atoms with Crippen molar-refractivity contribution in [3.8, 4) is 5.75 Å². The number of hydrogen-bond donors (Lipinski definition) is 2. The third kappa shape index (κ3) is 4.21. The molecule has 156 valence electrons. The molecule has 2 aliphatic rings. The molecule has 1 saturated heterocycles. The van der Waals surface area contributed by atoms with E-state index in [0.717, 1.165) is 11.1 Å². The number of phosphoric ester groups is 1. The number of aryl methyl sites for hydroxylation is 1. The number of benzene rings is 1. The van der Waals surface area contributed by atoms with Gasteiger partial charge in [-0.15, -0.1) is 0 Å². The highest BCUT2D eigenvalue weighted by molar-refractivity contribution is 14.1. The lowest BCUT2D eigenvalue weighted by Gasteiger charge is -2.27. The summed E-state index contributed by atoms with van der Waals surface area (Å²) < 4.78 is 36.1. The number of hydrogen-bond acceptors (Lipinski definition) is 8. The molecule has 0 saturated carbocycles. The van der Waals surface area contributed by atoms with Crippen molar-refractivity contribution >= 4 is 30.4 Å². The zero-order valence-electron chi connectivity index (χ0n) is 15.2. The molecule has 1 aromatic carbocycles. The van der Waals surface area contributed by atoms with E-state index in [-0.39, 0.29) is 19.6 Å². The molecule has 1 aromatic heterocycles. The summed E-state index contributed by atoms with van der Waals surface area (Å²) in [7, 11) is -3.88. The number of phosphoric acid groups is 1. The van der Waals surface area contributed by atoms with Crippen LogP contribution in [-0.4, -0.2) is 33.5 Å². The fourth-order valence-electron chi connectivity index (χ4n) is 3.18. The van der Waals surface area contributed by atoms with Gasteiger partial charge in [0.1, 0.15) is 18.1 Å². The molecule has 0 aliphatic carbocycles. The Bertz CT molecular complexity index is 1100. The number of aromatic nitrogens is 2. The van der Waals surface area contributed by atoms with Gasteiger partial charge in [-0.2, -0.15) is 0 Å². The number of rotatable bonds is 4. The van der Waals surface area contributed by atoms with Crippen LogP contribution in [0.15, 0.2) is 34.0 Å². The molecule has 4 rings (SSSR count). The van der Waals surface area contributed by atoms with Crippen molar-refractivity contribution in [2.24, 2.45) is 0 Å². The van der Waals surface area contributed by atoms with Gasteiger partial charge in [0.15, 0.2) is 0 Å². The zero-order chi connectivity index (χ0) is 20.8.